The highest BCUT2D eigenvalue weighted by atomic mass is 19.1. The molecule has 25 heavy (non-hydrogen) atoms. The van der Waals surface area contributed by atoms with Gasteiger partial charge in [-0.25, -0.2) is 4.39 Å². The number of aromatic nitrogens is 4. The molecular weight excluding hydrogens is 317 g/mol. The molecule has 1 fully saturated rings. The zero-order valence-corrected chi connectivity index (χ0v) is 14.1. The fraction of sp³-hybridized carbons (Fsp3) is 0.316. The third-order valence-electron chi connectivity index (χ3n) is 4.89. The van der Waals surface area contributed by atoms with Crippen molar-refractivity contribution in [3.63, 3.8) is 0 Å². The van der Waals surface area contributed by atoms with E-state index in [1.165, 1.54) is 17.8 Å². The second-order valence-corrected chi connectivity index (χ2v) is 6.42. The highest BCUT2D eigenvalue weighted by Crippen LogP contribution is 2.29. The number of rotatable bonds is 3. The van der Waals surface area contributed by atoms with Gasteiger partial charge in [-0.15, -0.1) is 10.2 Å². The Bertz CT molecular complexity index is 833. The van der Waals surface area contributed by atoms with Crippen molar-refractivity contribution in [2.75, 3.05) is 18.0 Å². The molecule has 6 heteroatoms. The predicted octanol–water partition coefficient (Wildman–Crippen LogP) is 3.40. The lowest BCUT2D eigenvalue weighted by atomic mass is 9.93. The summed E-state index contributed by atoms with van der Waals surface area (Å²) in [6.07, 6.45) is 4.03. The number of hydrogen-bond donors (Lipinski definition) is 0. The second kappa shape index (κ2) is 6.63. The van der Waals surface area contributed by atoms with Gasteiger partial charge in [0.25, 0.3) is 0 Å². The zero-order valence-electron chi connectivity index (χ0n) is 14.1. The van der Waals surface area contributed by atoms with Crippen LogP contribution in [0, 0.1) is 5.82 Å². The molecule has 1 aromatic carbocycles. The van der Waals surface area contributed by atoms with Crippen molar-refractivity contribution in [2.45, 2.75) is 18.8 Å². The normalized spacial score (nSPS) is 15.5. The maximum atomic E-state index is 13.0. The minimum absolute atomic E-state index is 0.246. The molecule has 2 aromatic heterocycles. The molecular formula is C19H20FN5. The molecule has 1 saturated heterocycles. The van der Waals surface area contributed by atoms with Crippen molar-refractivity contribution in [3.05, 3.63) is 60.2 Å². The Morgan fingerprint density at radius 1 is 0.960 bits per heavy atom. The van der Waals surface area contributed by atoms with Gasteiger partial charge in [-0.2, -0.15) is 5.10 Å². The first-order valence-corrected chi connectivity index (χ1v) is 8.53. The van der Waals surface area contributed by atoms with Gasteiger partial charge in [0.2, 0.25) is 0 Å². The number of hydrogen-bond acceptors (Lipinski definition) is 4. The molecule has 0 amide bonds. The molecule has 1 aliphatic heterocycles. The number of nitrogens with zero attached hydrogens (tertiary/aromatic N) is 5. The first kappa shape index (κ1) is 15.7. The van der Waals surface area contributed by atoms with Crippen LogP contribution in [-0.2, 0) is 7.05 Å². The van der Waals surface area contributed by atoms with Crippen LogP contribution in [0.1, 0.15) is 24.5 Å². The Morgan fingerprint density at radius 3 is 2.32 bits per heavy atom. The van der Waals surface area contributed by atoms with Crippen LogP contribution in [0.25, 0.3) is 11.3 Å². The summed E-state index contributed by atoms with van der Waals surface area (Å²) in [5, 5.41) is 12.9. The van der Waals surface area contributed by atoms with Crippen LogP contribution in [-0.4, -0.2) is 33.1 Å². The van der Waals surface area contributed by atoms with E-state index in [1.54, 1.807) is 12.1 Å². The average molecular weight is 337 g/mol. The first-order valence-electron chi connectivity index (χ1n) is 8.53. The van der Waals surface area contributed by atoms with Gasteiger partial charge >= 0.3 is 0 Å². The van der Waals surface area contributed by atoms with E-state index < -0.39 is 0 Å². The molecule has 0 bridgehead atoms. The van der Waals surface area contributed by atoms with Gasteiger partial charge in [0.05, 0.1) is 5.69 Å². The van der Waals surface area contributed by atoms with Crippen LogP contribution in [0.3, 0.4) is 0 Å². The Kier molecular flexibility index (Phi) is 4.17. The summed E-state index contributed by atoms with van der Waals surface area (Å²) >= 11 is 0. The van der Waals surface area contributed by atoms with Crippen molar-refractivity contribution < 1.29 is 4.39 Å². The number of benzene rings is 1. The van der Waals surface area contributed by atoms with E-state index in [-0.39, 0.29) is 5.82 Å². The van der Waals surface area contributed by atoms with Gasteiger partial charge in [-0.05, 0) is 55.3 Å². The highest BCUT2D eigenvalue weighted by molar-refractivity contribution is 5.59. The summed E-state index contributed by atoms with van der Waals surface area (Å²) in [7, 11) is 2.00. The minimum atomic E-state index is -0.246. The topological polar surface area (TPSA) is 46.8 Å². The monoisotopic (exact) mass is 337 g/mol. The Balaban J connectivity index is 1.43. The fourth-order valence-electron chi connectivity index (χ4n) is 3.46. The minimum Gasteiger partial charge on any atom is -0.355 e. The SMILES string of the molecule is Cn1nccc1C1CCN(c2ccc(-c3ccc(F)cc3)nn2)CC1. The van der Waals surface area contributed by atoms with E-state index in [2.05, 4.69) is 26.3 Å². The van der Waals surface area contributed by atoms with E-state index in [4.69, 9.17) is 0 Å². The van der Waals surface area contributed by atoms with E-state index in [0.29, 0.717) is 5.92 Å². The lowest BCUT2D eigenvalue weighted by molar-refractivity contribution is 0.474. The van der Waals surface area contributed by atoms with Crippen molar-refractivity contribution in [3.8, 4) is 11.3 Å². The third-order valence-corrected chi connectivity index (χ3v) is 4.89. The Morgan fingerprint density at radius 2 is 1.72 bits per heavy atom. The molecule has 4 rings (SSSR count). The lowest BCUT2D eigenvalue weighted by Crippen LogP contribution is -2.34. The van der Waals surface area contributed by atoms with E-state index in [9.17, 15) is 4.39 Å². The maximum Gasteiger partial charge on any atom is 0.151 e. The molecule has 3 aromatic rings. The highest BCUT2D eigenvalue weighted by Gasteiger charge is 2.23. The van der Waals surface area contributed by atoms with Gasteiger partial charge in [0.15, 0.2) is 5.82 Å². The van der Waals surface area contributed by atoms with Crippen LogP contribution < -0.4 is 4.90 Å². The van der Waals surface area contributed by atoms with Gasteiger partial charge in [0.1, 0.15) is 5.82 Å². The second-order valence-electron chi connectivity index (χ2n) is 6.42. The largest absolute Gasteiger partial charge is 0.355 e. The molecule has 0 saturated carbocycles. The van der Waals surface area contributed by atoms with Crippen molar-refractivity contribution >= 4 is 5.82 Å². The van der Waals surface area contributed by atoms with Crippen LogP contribution >= 0.6 is 0 Å². The zero-order chi connectivity index (χ0) is 17.2. The van der Waals surface area contributed by atoms with Gasteiger partial charge in [-0.3, -0.25) is 4.68 Å². The molecule has 0 unspecified atom stereocenters. The molecule has 0 radical (unpaired) electrons. The van der Waals surface area contributed by atoms with E-state index >= 15 is 0 Å². The van der Waals surface area contributed by atoms with Crippen molar-refractivity contribution in [1.82, 2.24) is 20.0 Å². The fourth-order valence-corrected chi connectivity index (χ4v) is 3.46. The van der Waals surface area contributed by atoms with Gasteiger partial charge < -0.3 is 4.90 Å². The number of anilines is 1. The average Bonchev–Trinajstić information content (AvgIpc) is 3.09. The van der Waals surface area contributed by atoms with Crippen LogP contribution in [0.5, 0.6) is 0 Å². The smallest absolute Gasteiger partial charge is 0.151 e. The number of aryl methyl sites for hydroxylation is 1. The summed E-state index contributed by atoms with van der Waals surface area (Å²) in [6, 6.07) is 12.4. The molecule has 3 heterocycles. The Hall–Kier alpha value is -2.76. The quantitative estimate of drug-likeness (QED) is 0.735. The van der Waals surface area contributed by atoms with Crippen LogP contribution in [0.4, 0.5) is 10.2 Å². The van der Waals surface area contributed by atoms with Crippen molar-refractivity contribution in [2.24, 2.45) is 7.05 Å². The number of piperidine rings is 1. The van der Waals surface area contributed by atoms with Crippen molar-refractivity contribution in [1.29, 1.82) is 0 Å². The summed E-state index contributed by atoms with van der Waals surface area (Å²) in [6.45, 7) is 1.92. The lowest BCUT2D eigenvalue weighted by Gasteiger charge is -2.32. The van der Waals surface area contributed by atoms with Gasteiger partial charge in [-0.1, -0.05) is 0 Å². The van der Waals surface area contributed by atoms with Crippen LogP contribution in [0.2, 0.25) is 0 Å². The van der Waals surface area contributed by atoms with Crippen LogP contribution in [0.15, 0.2) is 48.7 Å². The standard InChI is InChI=1S/C19H20FN5/c1-24-18(8-11-21-24)15-9-12-25(13-10-15)19-7-6-17(22-23-19)14-2-4-16(20)5-3-14/h2-8,11,15H,9-10,12-13H2,1H3. The molecule has 5 nitrogen and oxygen atoms in total. The molecule has 0 spiro atoms. The molecule has 0 atom stereocenters. The maximum absolute atomic E-state index is 13.0. The van der Waals surface area contributed by atoms with E-state index in [0.717, 1.165) is 43.0 Å². The molecule has 0 aliphatic carbocycles. The summed E-state index contributed by atoms with van der Waals surface area (Å²) in [4.78, 5) is 2.27. The predicted molar refractivity (Wildman–Crippen MR) is 94.8 cm³/mol. The molecule has 1 aliphatic rings. The summed E-state index contributed by atoms with van der Waals surface area (Å²) < 4.78 is 15.0. The molecule has 128 valence electrons. The molecule has 0 N–H and O–H groups in total. The Labute approximate surface area is 146 Å². The van der Waals surface area contributed by atoms with Gasteiger partial charge in [0, 0.05) is 43.5 Å². The van der Waals surface area contributed by atoms with E-state index in [1.807, 2.05) is 30.1 Å². The first-order chi connectivity index (χ1) is 12.2. The summed E-state index contributed by atoms with van der Waals surface area (Å²) in [5.41, 5.74) is 2.93. The number of halogens is 1. The third kappa shape index (κ3) is 3.24. The summed E-state index contributed by atoms with van der Waals surface area (Å²) in [5.74, 6) is 1.20.